The van der Waals surface area contributed by atoms with Crippen LogP contribution < -0.4 is 10.1 Å². The Morgan fingerprint density at radius 1 is 1.56 bits per heavy atom. The fourth-order valence-corrected chi connectivity index (χ4v) is 2.31. The summed E-state index contributed by atoms with van der Waals surface area (Å²) in [6.45, 7) is 2.11. The molecular weight excluding hydrogens is 254 g/mol. The summed E-state index contributed by atoms with van der Waals surface area (Å²) in [7, 11) is 1.51. The molecule has 0 aliphatic carbocycles. The fourth-order valence-electron chi connectivity index (χ4n) is 2.07. The molecule has 1 aromatic carbocycles. The summed E-state index contributed by atoms with van der Waals surface area (Å²) < 4.78 is 10.5. The summed E-state index contributed by atoms with van der Waals surface area (Å²) >= 11 is 5.98. The molecule has 0 aromatic heterocycles. The molecule has 1 saturated heterocycles. The Balaban J connectivity index is 2.01. The first-order chi connectivity index (χ1) is 8.70. The van der Waals surface area contributed by atoms with E-state index in [2.05, 4.69) is 5.32 Å². The van der Waals surface area contributed by atoms with Gasteiger partial charge in [-0.15, -0.1) is 0 Å². The molecule has 1 atom stereocenters. The minimum absolute atomic E-state index is 0.145. The Morgan fingerprint density at radius 2 is 2.39 bits per heavy atom. The molecule has 1 aliphatic heterocycles. The van der Waals surface area contributed by atoms with E-state index in [0.29, 0.717) is 23.4 Å². The SMILES string of the molecule is COc1cc(Cl)cc(CNC2CCCOC2)c1O. The third kappa shape index (κ3) is 3.28. The first-order valence-electron chi connectivity index (χ1n) is 6.07. The Kier molecular flexibility index (Phi) is 4.69. The van der Waals surface area contributed by atoms with Gasteiger partial charge in [-0.05, 0) is 18.9 Å². The Bertz CT molecular complexity index is 405. The maximum atomic E-state index is 9.99. The van der Waals surface area contributed by atoms with Crippen molar-refractivity contribution in [1.82, 2.24) is 5.32 Å². The van der Waals surface area contributed by atoms with Crippen LogP contribution in [0.5, 0.6) is 11.5 Å². The topological polar surface area (TPSA) is 50.7 Å². The van der Waals surface area contributed by atoms with Gasteiger partial charge >= 0.3 is 0 Å². The van der Waals surface area contributed by atoms with Gasteiger partial charge in [-0.25, -0.2) is 0 Å². The van der Waals surface area contributed by atoms with E-state index in [9.17, 15) is 5.11 Å². The third-order valence-electron chi connectivity index (χ3n) is 3.08. The summed E-state index contributed by atoms with van der Waals surface area (Å²) in [5.41, 5.74) is 0.741. The Morgan fingerprint density at radius 3 is 3.06 bits per heavy atom. The Hall–Kier alpha value is -0.970. The second kappa shape index (κ2) is 6.27. The molecule has 0 saturated carbocycles. The van der Waals surface area contributed by atoms with Crippen molar-refractivity contribution in [1.29, 1.82) is 0 Å². The van der Waals surface area contributed by atoms with Crippen LogP contribution in [0.1, 0.15) is 18.4 Å². The van der Waals surface area contributed by atoms with Gasteiger partial charge in [-0.3, -0.25) is 0 Å². The number of ether oxygens (including phenoxy) is 2. The summed E-state index contributed by atoms with van der Waals surface area (Å²) in [4.78, 5) is 0. The molecule has 1 unspecified atom stereocenters. The molecule has 1 aromatic rings. The van der Waals surface area contributed by atoms with Crippen LogP contribution in [0.3, 0.4) is 0 Å². The predicted octanol–water partition coefficient (Wildman–Crippen LogP) is 2.32. The van der Waals surface area contributed by atoms with Crippen molar-refractivity contribution in [3.8, 4) is 11.5 Å². The zero-order valence-electron chi connectivity index (χ0n) is 10.4. The van der Waals surface area contributed by atoms with Crippen LogP contribution in [0.25, 0.3) is 0 Å². The van der Waals surface area contributed by atoms with E-state index in [4.69, 9.17) is 21.1 Å². The van der Waals surface area contributed by atoms with E-state index < -0.39 is 0 Å². The minimum Gasteiger partial charge on any atom is -0.504 e. The van der Waals surface area contributed by atoms with Gasteiger partial charge in [-0.1, -0.05) is 11.6 Å². The number of benzene rings is 1. The smallest absolute Gasteiger partial charge is 0.162 e. The lowest BCUT2D eigenvalue weighted by Crippen LogP contribution is -2.36. The predicted molar refractivity (Wildman–Crippen MR) is 70.3 cm³/mol. The molecular formula is C13H18ClNO3. The highest BCUT2D eigenvalue weighted by molar-refractivity contribution is 6.30. The number of nitrogens with one attached hydrogen (secondary N) is 1. The van der Waals surface area contributed by atoms with Gasteiger partial charge in [0.05, 0.1) is 13.7 Å². The molecule has 1 fully saturated rings. The number of aromatic hydroxyl groups is 1. The number of rotatable bonds is 4. The molecule has 100 valence electrons. The van der Waals surface area contributed by atoms with Gasteiger partial charge in [0.1, 0.15) is 0 Å². The average molecular weight is 272 g/mol. The summed E-state index contributed by atoms with van der Waals surface area (Å²) in [6.07, 6.45) is 2.17. The normalized spacial score (nSPS) is 19.8. The van der Waals surface area contributed by atoms with Crippen LogP contribution >= 0.6 is 11.6 Å². The Labute approximate surface area is 112 Å². The molecule has 0 bridgehead atoms. The molecule has 1 aliphatic rings. The van der Waals surface area contributed by atoms with Crippen molar-refractivity contribution >= 4 is 11.6 Å². The van der Waals surface area contributed by atoms with E-state index in [-0.39, 0.29) is 5.75 Å². The number of hydrogen-bond donors (Lipinski definition) is 2. The number of phenolic OH excluding ortho intramolecular Hbond substituents is 1. The van der Waals surface area contributed by atoms with Crippen LogP contribution in [-0.4, -0.2) is 31.5 Å². The van der Waals surface area contributed by atoms with Crippen LogP contribution in [-0.2, 0) is 11.3 Å². The molecule has 1 heterocycles. The fraction of sp³-hybridized carbons (Fsp3) is 0.538. The molecule has 2 N–H and O–H groups in total. The molecule has 4 nitrogen and oxygen atoms in total. The first-order valence-corrected chi connectivity index (χ1v) is 6.45. The molecule has 0 amide bonds. The molecule has 18 heavy (non-hydrogen) atoms. The maximum absolute atomic E-state index is 9.99. The van der Waals surface area contributed by atoms with Crippen LogP contribution in [0.2, 0.25) is 5.02 Å². The van der Waals surface area contributed by atoms with Crippen molar-refractivity contribution in [3.05, 3.63) is 22.7 Å². The van der Waals surface area contributed by atoms with E-state index in [1.165, 1.54) is 7.11 Å². The number of phenols is 1. The van der Waals surface area contributed by atoms with Crippen molar-refractivity contribution < 1.29 is 14.6 Å². The van der Waals surface area contributed by atoms with Gasteiger partial charge in [0.25, 0.3) is 0 Å². The minimum atomic E-state index is 0.145. The standard InChI is InChI=1S/C13H18ClNO3/c1-17-12-6-10(14)5-9(13(12)16)7-15-11-3-2-4-18-8-11/h5-6,11,15-16H,2-4,7-8H2,1H3. The van der Waals surface area contributed by atoms with E-state index in [1.807, 2.05) is 0 Å². The van der Waals surface area contributed by atoms with Gasteiger partial charge in [0, 0.05) is 35.8 Å². The quantitative estimate of drug-likeness (QED) is 0.882. The third-order valence-corrected chi connectivity index (χ3v) is 3.30. The van der Waals surface area contributed by atoms with Crippen molar-refractivity contribution in [2.75, 3.05) is 20.3 Å². The van der Waals surface area contributed by atoms with Gasteiger partial charge in [-0.2, -0.15) is 0 Å². The summed E-state index contributed by atoms with van der Waals surface area (Å²) in [5.74, 6) is 0.547. The lowest BCUT2D eigenvalue weighted by molar-refractivity contribution is 0.0698. The second-order valence-corrected chi connectivity index (χ2v) is 4.85. The zero-order chi connectivity index (χ0) is 13.0. The summed E-state index contributed by atoms with van der Waals surface area (Å²) in [6, 6.07) is 3.68. The van der Waals surface area contributed by atoms with E-state index in [0.717, 1.165) is 31.6 Å². The molecule has 0 radical (unpaired) electrons. The highest BCUT2D eigenvalue weighted by atomic mass is 35.5. The van der Waals surface area contributed by atoms with E-state index in [1.54, 1.807) is 12.1 Å². The highest BCUT2D eigenvalue weighted by Gasteiger charge is 2.15. The van der Waals surface area contributed by atoms with Gasteiger partial charge in [0.15, 0.2) is 11.5 Å². The molecule has 2 rings (SSSR count). The van der Waals surface area contributed by atoms with Crippen molar-refractivity contribution in [3.63, 3.8) is 0 Å². The van der Waals surface area contributed by atoms with E-state index >= 15 is 0 Å². The highest BCUT2D eigenvalue weighted by Crippen LogP contribution is 2.33. The number of halogens is 1. The molecule has 5 heteroatoms. The van der Waals surface area contributed by atoms with Crippen LogP contribution in [0, 0.1) is 0 Å². The van der Waals surface area contributed by atoms with Crippen molar-refractivity contribution in [2.45, 2.75) is 25.4 Å². The second-order valence-electron chi connectivity index (χ2n) is 4.41. The molecule has 0 spiro atoms. The zero-order valence-corrected chi connectivity index (χ0v) is 11.2. The monoisotopic (exact) mass is 271 g/mol. The van der Waals surface area contributed by atoms with Crippen LogP contribution in [0.15, 0.2) is 12.1 Å². The van der Waals surface area contributed by atoms with Gasteiger partial charge < -0.3 is 19.9 Å². The van der Waals surface area contributed by atoms with Crippen LogP contribution in [0.4, 0.5) is 0 Å². The largest absolute Gasteiger partial charge is 0.504 e. The first kappa shape index (κ1) is 13.5. The lowest BCUT2D eigenvalue weighted by atomic mass is 10.1. The number of methoxy groups -OCH3 is 1. The lowest BCUT2D eigenvalue weighted by Gasteiger charge is -2.23. The maximum Gasteiger partial charge on any atom is 0.162 e. The summed E-state index contributed by atoms with van der Waals surface area (Å²) in [5, 5.41) is 13.9. The number of hydrogen-bond acceptors (Lipinski definition) is 4. The average Bonchev–Trinajstić information content (AvgIpc) is 2.40. The van der Waals surface area contributed by atoms with Gasteiger partial charge in [0.2, 0.25) is 0 Å². The van der Waals surface area contributed by atoms with Crippen molar-refractivity contribution in [2.24, 2.45) is 0 Å².